The van der Waals surface area contributed by atoms with E-state index in [4.69, 9.17) is 7.85 Å². The van der Waals surface area contributed by atoms with E-state index in [1.54, 1.807) is 6.07 Å². The minimum atomic E-state index is -0.280. The van der Waals surface area contributed by atoms with E-state index in [9.17, 15) is 4.39 Å². The zero-order chi connectivity index (χ0) is 6.85. The van der Waals surface area contributed by atoms with E-state index < -0.39 is 0 Å². The van der Waals surface area contributed by atoms with Gasteiger partial charge in [0.1, 0.15) is 0 Å². The number of benzene rings is 1. The fourth-order valence-electron chi connectivity index (χ4n) is 0.611. The van der Waals surface area contributed by atoms with Crippen LogP contribution in [0.2, 0.25) is 0 Å². The van der Waals surface area contributed by atoms with E-state index in [0.29, 0.717) is 5.46 Å². The second-order valence-electron chi connectivity index (χ2n) is 2.00. The Balaban J connectivity index is 0. The quantitative estimate of drug-likeness (QED) is 0.513. The second-order valence-corrected chi connectivity index (χ2v) is 2.00. The maximum atomic E-state index is 12.3. The molecule has 0 unspecified atom stereocenters. The molecule has 0 spiro atoms. The predicted molar refractivity (Wildman–Crippen MR) is 40.4 cm³/mol. The molecule has 4 heteroatoms. The maximum Gasteiger partial charge on any atom is -0.870 e. The molecule has 0 fully saturated rings. The molecule has 0 amide bonds. The molecule has 0 aliphatic heterocycles. The van der Waals surface area contributed by atoms with Crippen molar-refractivity contribution in [1.29, 1.82) is 0 Å². The molecule has 2 nitrogen and oxygen atoms in total. The van der Waals surface area contributed by atoms with Crippen LogP contribution >= 0.6 is 0 Å². The van der Waals surface area contributed by atoms with E-state index in [1.807, 2.05) is 6.92 Å². The topological polar surface area (TPSA) is 60.0 Å². The SMILES string of the molecule is [B+2]c1cc(F)ccc1C.[OH-].[OH-]. The Morgan fingerprint density at radius 1 is 1.27 bits per heavy atom. The first-order valence-electron chi connectivity index (χ1n) is 2.72. The Morgan fingerprint density at radius 3 is 2.18 bits per heavy atom. The summed E-state index contributed by atoms with van der Waals surface area (Å²) in [6.07, 6.45) is 0. The summed E-state index contributed by atoms with van der Waals surface area (Å²) in [7, 11) is 5.38. The van der Waals surface area contributed by atoms with E-state index in [2.05, 4.69) is 0 Å². The third-order valence-electron chi connectivity index (χ3n) is 1.24. The summed E-state index contributed by atoms with van der Waals surface area (Å²) in [5, 5.41) is 0. The van der Waals surface area contributed by atoms with Crippen molar-refractivity contribution in [3.63, 3.8) is 0 Å². The van der Waals surface area contributed by atoms with E-state index in [1.165, 1.54) is 12.1 Å². The van der Waals surface area contributed by atoms with Gasteiger partial charge in [-0.25, -0.2) is 0 Å². The van der Waals surface area contributed by atoms with Gasteiger partial charge in [0, 0.05) is 0 Å². The maximum absolute atomic E-state index is 12.3. The molecule has 0 saturated heterocycles. The van der Waals surface area contributed by atoms with Crippen molar-refractivity contribution in [1.82, 2.24) is 0 Å². The molecule has 0 atom stereocenters. The van der Waals surface area contributed by atoms with Crippen molar-refractivity contribution in [2.45, 2.75) is 6.92 Å². The van der Waals surface area contributed by atoms with Crippen molar-refractivity contribution in [2.75, 3.05) is 0 Å². The third-order valence-corrected chi connectivity index (χ3v) is 1.24. The van der Waals surface area contributed by atoms with Gasteiger partial charge in [-0.05, 0) is 0 Å². The van der Waals surface area contributed by atoms with Crippen LogP contribution in [0.5, 0.6) is 0 Å². The Morgan fingerprint density at radius 2 is 1.82 bits per heavy atom. The summed E-state index contributed by atoms with van der Waals surface area (Å²) in [6.45, 7) is 1.84. The van der Waals surface area contributed by atoms with Crippen molar-refractivity contribution < 1.29 is 15.3 Å². The van der Waals surface area contributed by atoms with Gasteiger partial charge in [-0.3, -0.25) is 0 Å². The number of halogens is 1. The Hall–Kier alpha value is -0.865. The van der Waals surface area contributed by atoms with Crippen LogP contribution in [-0.4, -0.2) is 18.8 Å². The molecule has 11 heavy (non-hydrogen) atoms. The summed E-state index contributed by atoms with van der Waals surface area (Å²) in [5.41, 5.74) is 1.42. The van der Waals surface area contributed by atoms with Gasteiger partial charge in [-0.2, -0.15) is 0 Å². The van der Waals surface area contributed by atoms with Crippen LogP contribution in [0.3, 0.4) is 0 Å². The normalized spacial score (nSPS) is 8.00. The van der Waals surface area contributed by atoms with E-state index in [0.717, 1.165) is 5.56 Å². The number of hydrogen-bond acceptors (Lipinski definition) is 2. The van der Waals surface area contributed by atoms with Gasteiger partial charge in [-0.1, -0.05) is 0 Å². The molecule has 0 saturated carbocycles. The van der Waals surface area contributed by atoms with Crippen LogP contribution in [0.1, 0.15) is 5.56 Å². The Kier molecular flexibility index (Phi) is 5.66. The monoisotopic (exact) mass is 154 g/mol. The van der Waals surface area contributed by atoms with Crippen LogP contribution < -0.4 is 5.46 Å². The molecule has 1 aromatic carbocycles. The van der Waals surface area contributed by atoms with Gasteiger partial charge in [0.2, 0.25) is 0 Å². The zero-order valence-electron chi connectivity index (χ0n) is 6.08. The van der Waals surface area contributed by atoms with Crippen LogP contribution in [-0.2, 0) is 0 Å². The zero-order valence-corrected chi connectivity index (χ0v) is 6.08. The van der Waals surface area contributed by atoms with Crippen LogP contribution in [0.25, 0.3) is 0 Å². The van der Waals surface area contributed by atoms with Gasteiger partial charge < -0.3 is 11.0 Å². The van der Waals surface area contributed by atoms with Gasteiger partial charge in [0.25, 0.3) is 0 Å². The van der Waals surface area contributed by atoms with Gasteiger partial charge in [0.05, 0.1) is 0 Å². The Labute approximate surface area is 66.1 Å². The molecule has 0 bridgehead atoms. The van der Waals surface area contributed by atoms with Crippen molar-refractivity contribution in [2.24, 2.45) is 0 Å². The Bertz CT molecular complexity index is 228. The molecule has 58 valence electrons. The largest absolute Gasteiger partial charge is 0.870 e. The molecule has 0 aliphatic rings. The van der Waals surface area contributed by atoms with Crippen LogP contribution in [0.4, 0.5) is 4.39 Å². The van der Waals surface area contributed by atoms with Gasteiger partial charge in [-0.15, -0.1) is 0 Å². The average molecular weight is 154 g/mol. The molecule has 1 rings (SSSR count). The van der Waals surface area contributed by atoms with Gasteiger partial charge >= 0.3 is 54.2 Å². The van der Waals surface area contributed by atoms with E-state index in [-0.39, 0.29) is 16.8 Å². The van der Waals surface area contributed by atoms with E-state index >= 15 is 0 Å². The molecule has 2 N–H and O–H groups in total. The minimum absolute atomic E-state index is 0. The summed E-state index contributed by atoms with van der Waals surface area (Å²) >= 11 is 0. The first kappa shape index (κ1) is 12.8. The molecule has 0 heterocycles. The van der Waals surface area contributed by atoms with Crippen molar-refractivity contribution >= 4 is 13.3 Å². The minimum Gasteiger partial charge on any atom is -0.870 e. The molecular formula is C7H8BFO2. The first-order valence-corrected chi connectivity index (χ1v) is 2.72. The molecule has 0 aromatic heterocycles. The first-order chi connectivity index (χ1) is 4.20. The summed E-state index contributed by atoms with van der Waals surface area (Å²) in [4.78, 5) is 0. The predicted octanol–water partition coefficient (Wildman–Crippen LogP) is 0.574. The van der Waals surface area contributed by atoms with Crippen molar-refractivity contribution in [3.8, 4) is 0 Å². The smallest absolute Gasteiger partial charge is 0.870 e. The average Bonchev–Trinajstić information content (AvgIpc) is 1.80. The second kappa shape index (κ2) is 4.88. The van der Waals surface area contributed by atoms with Gasteiger partial charge in [0.15, 0.2) is 0 Å². The number of hydrogen-bond donors (Lipinski definition) is 0. The third kappa shape index (κ3) is 3.16. The standard InChI is InChI=1S/C7H6BF.2H2O/c1-5-2-3-6(9)4-7(5)8;;/h2-4H,1H3;2*1H2/q+2;;/p-2. The van der Waals surface area contributed by atoms with Crippen molar-refractivity contribution in [3.05, 3.63) is 29.6 Å². The fraction of sp³-hybridized carbons (Fsp3) is 0.143. The molecule has 0 aliphatic carbocycles. The summed E-state index contributed by atoms with van der Waals surface area (Å²) < 4.78 is 12.3. The summed E-state index contributed by atoms with van der Waals surface area (Å²) in [6, 6.07) is 4.37. The number of aryl methyl sites for hydroxylation is 1. The molecular weight excluding hydrogens is 146 g/mol. The molecule has 0 radical (unpaired) electrons. The number of rotatable bonds is 0. The summed E-state index contributed by atoms with van der Waals surface area (Å²) in [5.74, 6) is -0.280. The molecule has 1 aromatic rings. The fourth-order valence-corrected chi connectivity index (χ4v) is 0.611. The van der Waals surface area contributed by atoms with Crippen LogP contribution in [0, 0.1) is 12.7 Å². The van der Waals surface area contributed by atoms with Crippen LogP contribution in [0.15, 0.2) is 18.2 Å².